The van der Waals surface area contributed by atoms with E-state index in [1.165, 1.54) is 12.8 Å². The van der Waals surface area contributed by atoms with Crippen LogP contribution in [0.4, 0.5) is 4.79 Å². The van der Waals surface area contributed by atoms with Gasteiger partial charge in [0.2, 0.25) is 11.8 Å². The first-order valence-electron chi connectivity index (χ1n) is 11.0. The summed E-state index contributed by atoms with van der Waals surface area (Å²) in [5.74, 6) is 0.152. The number of carbonyl (C=O) groups is 3. The molecule has 2 heterocycles. The van der Waals surface area contributed by atoms with Crippen LogP contribution in [0.25, 0.3) is 0 Å². The van der Waals surface area contributed by atoms with Crippen LogP contribution >= 0.6 is 0 Å². The van der Waals surface area contributed by atoms with Gasteiger partial charge in [-0.25, -0.2) is 4.79 Å². The first-order valence-corrected chi connectivity index (χ1v) is 11.0. The van der Waals surface area contributed by atoms with E-state index in [-0.39, 0.29) is 29.7 Å². The minimum absolute atomic E-state index is 0.0135. The molecule has 0 aliphatic carbocycles. The summed E-state index contributed by atoms with van der Waals surface area (Å²) >= 11 is 0. The van der Waals surface area contributed by atoms with Gasteiger partial charge in [-0.05, 0) is 32.1 Å². The summed E-state index contributed by atoms with van der Waals surface area (Å²) in [7, 11) is 3.50. The molecule has 1 atom stereocenters. The van der Waals surface area contributed by atoms with Crippen molar-refractivity contribution in [3.8, 4) is 0 Å². The Morgan fingerprint density at radius 2 is 1.64 bits per heavy atom. The van der Waals surface area contributed by atoms with E-state index in [9.17, 15) is 14.4 Å². The number of nitrogens with zero attached hydrogens (tertiary/aromatic N) is 3. The summed E-state index contributed by atoms with van der Waals surface area (Å²) in [6.07, 6.45) is 7.75. The molecule has 2 aliphatic heterocycles. The number of hydrogen-bond acceptors (Lipinski definition) is 3. The predicted octanol–water partition coefficient (Wildman–Crippen LogP) is 2.32. The average Bonchev–Trinajstić information content (AvgIpc) is 2.72. The van der Waals surface area contributed by atoms with Crippen molar-refractivity contribution in [2.24, 2.45) is 11.8 Å². The Bertz CT molecular complexity index is 530. The molecule has 2 aliphatic rings. The van der Waals surface area contributed by atoms with Gasteiger partial charge in [0.05, 0.1) is 5.92 Å². The Morgan fingerprint density at radius 3 is 2.29 bits per heavy atom. The standard InChI is InChI=1S/C21H38N4O3/c1-4-5-6-7-12-22-19(26)18-9-8-13-25(16-18)20(27)17-10-14-24(15-11-17)21(28)23(2)3/h17-18H,4-16H2,1-3H3,(H,22,26). The van der Waals surface area contributed by atoms with Crippen LogP contribution in [0, 0.1) is 11.8 Å². The van der Waals surface area contributed by atoms with Gasteiger partial charge < -0.3 is 20.0 Å². The molecule has 28 heavy (non-hydrogen) atoms. The fraction of sp³-hybridized carbons (Fsp3) is 0.857. The average molecular weight is 395 g/mol. The Kier molecular flexibility index (Phi) is 9.06. The lowest BCUT2D eigenvalue weighted by molar-refractivity contribution is -0.140. The van der Waals surface area contributed by atoms with Gasteiger partial charge in [-0.15, -0.1) is 0 Å². The number of nitrogens with one attached hydrogen (secondary N) is 1. The van der Waals surface area contributed by atoms with Crippen LogP contribution in [0.3, 0.4) is 0 Å². The van der Waals surface area contributed by atoms with Crippen molar-refractivity contribution in [3.63, 3.8) is 0 Å². The van der Waals surface area contributed by atoms with Gasteiger partial charge in [0.1, 0.15) is 0 Å². The number of carbonyl (C=O) groups excluding carboxylic acids is 3. The van der Waals surface area contributed by atoms with Crippen LogP contribution < -0.4 is 5.32 Å². The lowest BCUT2D eigenvalue weighted by Gasteiger charge is -2.38. The van der Waals surface area contributed by atoms with Crippen molar-refractivity contribution in [1.29, 1.82) is 0 Å². The van der Waals surface area contributed by atoms with Crippen LogP contribution in [0.5, 0.6) is 0 Å². The zero-order valence-corrected chi connectivity index (χ0v) is 17.9. The van der Waals surface area contributed by atoms with E-state index in [0.29, 0.717) is 32.5 Å². The van der Waals surface area contributed by atoms with E-state index in [2.05, 4.69) is 12.2 Å². The minimum Gasteiger partial charge on any atom is -0.356 e. The van der Waals surface area contributed by atoms with Crippen molar-refractivity contribution in [3.05, 3.63) is 0 Å². The van der Waals surface area contributed by atoms with Gasteiger partial charge in [-0.1, -0.05) is 26.2 Å². The van der Waals surface area contributed by atoms with Crippen LogP contribution in [0.1, 0.15) is 58.3 Å². The quantitative estimate of drug-likeness (QED) is 0.674. The lowest BCUT2D eigenvalue weighted by atomic mass is 9.92. The molecule has 0 aromatic carbocycles. The SMILES string of the molecule is CCCCCCNC(=O)C1CCCN(C(=O)C2CCN(C(=O)N(C)C)CC2)C1. The number of rotatable bonds is 7. The third-order valence-electron chi connectivity index (χ3n) is 5.93. The van der Waals surface area contributed by atoms with E-state index >= 15 is 0 Å². The molecular weight excluding hydrogens is 356 g/mol. The second-order valence-corrected chi connectivity index (χ2v) is 8.41. The van der Waals surface area contributed by atoms with E-state index in [1.807, 2.05) is 9.80 Å². The maximum Gasteiger partial charge on any atom is 0.319 e. The Balaban J connectivity index is 1.76. The van der Waals surface area contributed by atoms with Crippen molar-refractivity contribution < 1.29 is 14.4 Å². The summed E-state index contributed by atoms with van der Waals surface area (Å²) < 4.78 is 0. The molecule has 1 N–H and O–H groups in total. The molecule has 0 radical (unpaired) electrons. The van der Waals surface area contributed by atoms with Crippen LogP contribution in [0.15, 0.2) is 0 Å². The first-order chi connectivity index (χ1) is 13.4. The first kappa shape index (κ1) is 22.5. The zero-order valence-electron chi connectivity index (χ0n) is 17.9. The van der Waals surface area contributed by atoms with E-state index in [0.717, 1.165) is 38.8 Å². The molecule has 2 rings (SSSR count). The highest BCUT2D eigenvalue weighted by atomic mass is 16.2. The fourth-order valence-corrected chi connectivity index (χ4v) is 4.16. The molecular formula is C21H38N4O3. The molecule has 0 aromatic heterocycles. The van der Waals surface area contributed by atoms with Gasteiger partial charge >= 0.3 is 6.03 Å². The van der Waals surface area contributed by atoms with Gasteiger partial charge in [0.25, 0.3) is 0 Å². The monoisotopic (exact) mass is 394 g/mol. The second-order valence-electron chi connectivity index (χ2n) is 8.41. The minimum atomic E-state index is -0.0840. The van der Waals surface area contributed by atoms with E-state index in [4.69, 9.17) is 0 Å². The molecule has 0 spiro atoms. The van der Waals surface area contributed by atoms with Gasteiger partial charge in [-0.2, -0.15) is 0 Å². The normalized spacial score (nSPS) is 20.8. The van der Waals surface area contributed by atoms with Gasteiger partial charge in [0, 0.05) is 52.7 Å². The number of amides is 4. The smallest absolute Gasteiger partial charge is 0.319 e. The van der Waals surface area contributed by atoms with Crippen molar-refractivity contribution >= 4 is 17.8 Å². The molecule has 0 aromatic rings. The lowest BCUT2D eigenvalue weighted by Crippen LogP contribution is -2.50. The number of likely N-dealkylation sites (tertiary alicyclic amines) is 2. The highest BCUT2D eigenvalue weighted by Crippen LogP contribution is 2.24. The molecule has 7 heteroatoms. The predicted molar refractivity (Wildman–Crippen MR) is 110 cm³/mol. The van der Waals surface area contributed by atoms with E-state index in [1.54, 1.807) is 19.0 Å². The third kappa shape index (κ3) is 6.38. The summed E-state index contributed by atoms with van der Waals surface area (Å²) in [6.45, 7) is 5.45. The van der Waals surface area contributed by atoms with Crippen molar-refractivity contribution in [2.75, 3.05) is 46.8 Å². The highest BCUT2D eigenvalue weighted by Gasteiger charge is 2.34. The Labute approximate surface area is 169 Å². The topological polar surface area (TPSA) is 73.0 Å². The molecule has 2 fully saturated rings. The summed E-state index contributed by atoms with van der Waals surface area (Å²) in [6, 6.07) is 0.0135. The van der Waals surface area contributed by atoms with Crippen LogP contribution in [-0.4, -0.2) is 79.4 Å². The molecule has 1 unspecified atom stereocenters. The largest absolute Gasteiger partial charge is 0.356 e. The summed E-state index contributed by atoms with van der Waals surface area (Å²) in [4.78, 5) is 42.7. The number of unbranched alkanes of at least 4 members (excludes halogenated alkanes) is 3. The zero-order chi connectivity index (χ0) is 20.5. The summed E-state index contributed by atoms with van der Waals surface area (Å²) in [5.41, 5.74) is 0. The molecule has 4 amide bonds. The van der Waals surface area contributed by atoms with Crippen LogP contribution in [-0.2, 0) is 9.59 Å². The van der Waals surface area contributed by atoms with Gasteiger partial charge in [0.15, 0.2) is 0 Å². The Hall–Kier alpha value is -1.79. The van der Waals surface area contributed by atoms with Crippen molar-refractivity contribution in [2.45, 2.75) is 58.3 Å². The maximum absolute atomic E-state index is 12.9. The van der Waals surface area contributed by atoms with E-state index < -0.39 is 0 Å². The van der Waals surface area contributed by atoms with Crippen molar-refractivity contribution in [1.82, 2.24) is 20.0 Å². The maximum atomic E-state index is 12.9. The highest BCUT2D eigenvalue weighted by molar-refractivity contribution is 5.82. The molecule has 7 nitrogen and oxygen atoms in total. The number of urea groups is 1. The molecule has 0 bridgehead atoms. The number of hydrogen-bond donors (Lipinski definition) is 1. The second kappa shape index (κ2) is 11.3. The third-order valence-corrected chi connectivity index (χ3v) is 5.93. The molecule has 160 valence electrons. The fourth-order valence-electron chi connectivity index (χ4n) is 4.16. The number of piperidine rings is 2. The van der Waals surface area contributed by atoms with Gasteiger partial charge in [-0.3, -0.25) is 9.59 Å². The van der Waals surface area contributed by atoms with Crippen LogP contribution in [0.2, 0.25) is 0 Å². The Morgan fingerprint density at radius 1 is 0.929 bits per heavy atom. The molecule has 2 saturated heterocycles. The molecule has 0 saturated carbocycles. The summed E-state index contributed by atoms with van der Waals surface area (Å²) in [5, 5.41) is 3.05.